The molecule has 0 bridgehead atoms. The molecule has 2 rings (SSSR count). The van der Waals surface area contributed by atoms with E-state index in [1.807, 2.05) is 13.1 Å². The highest BCUT2D eigenvalue weighted by Gasteiger charge is 2.15. The average molecular weight is 291 g/mol. The molecule has 0 spiro atoms. The third-order valence-electron chi connectivity index (χ3n) is 3.19. The maximum atomic E-state index is 10.8. The molecule has 1 aromatic heterocycles. The number of aryl methyl sites for hydroxylation is 1. The summed E-state index contributed by atoms with van der Waals surface area (Å²) in [7, 11) is 1.85. The number of benzene rings is 1. The lowest BCUT2D eigenvalue weighted by atomic mass is 10.1. The summed E-state index contributed by atoms with van der Waals surface area (Å²) in [5.41, 5.74) is 1.37. The number of hydrogen-bond donors (Lipinski definition) is 1. The maximum Gasteiger partial charge on any atom is 0.270 e. The SMILES string of the molecule is C[C@H](O)c1cc([N+](=O)[O-])ccc1OCCc1ccnn1C. The van der Waals surface area contributed by atoms with Gasteiger partial charge in [-0.15, -0.1) is 0 Å². The van der Waals surface area contributed by atoms with E-state index >= 15 is 0 Å². The third kappa shape index (κ3) is 3.57. The van der Waals surface area contributed by atoms with Crippen molar-refractivity contribution in [2.45, 2.75) is 19.4 Å². The summed E-state index contributed by atoms with van der Waals surface area (Å²) in [4.78, 5) is 10.3. The Hall–Kier alpha value is -2.41. The number of ether oxygens (including phenoxy) is 1. The second kappa shape index (κ2) is 6.36. The molecule has 0 aliphatic carbocycles. The number of non-ortho nitro benzene ring substituents is 1. The van der Waals surface area contributed by atoms with Gasteiger partial charge in [0.1, 0.15) is 5.75 Å². The topological polar surface area (TPSA) is 90.4 Å². The van der Waals surface area contributed by atoms with Crippen LogP contribution in [0.2, 0.25) is 0 Å². The summed E-state index contributed by atoms with van der Waals surface area (Å²) in [6.07, 6.45) is 1.53. The minimum absolute atomic E-state index is 0.0649. The Kier molecular flexibility index (Phi) is 4.54. The Morgan fingerprint density at radius 1 is 1.48 bits per heavy atom. The van der Waals surface area contributed by atoms with Crippen LogP contribution in [0.4, 0.5) is 5.69 Å². The van der Waals surface area contributed by atoms with E-state index in [1.165, 1.54) is 18.2 Å². The van der Waals surface area contributed by atoms with Crippen molar-refractivity contribution in [2.24, 2.45) is 7.05 Å². The van der Waals surface area contributed by atoms with Crippen LogP contribution in [0, 0.1) is 10.1 Å². The number of hydrogen-bond acceptors (Lipinski definition) is 5. The molecule has 21 heavy (non-hydrogen) atoms. The Labute approximate surface area is 121 Å². The Bertz CT molecular complexity index is 637. The molecule has 0 aliphatic rings. The second-order valence-electron chi connectivity index (χ2n) is 4.70. The number of nitro groups is 1. The third-order valence-corrected chi connectivity index (χ3v) is 3.19. The van der Waals surface area contributed by atoms with Gasteiger partial charge in [0.2, 0.25) is 0 Å². The zero-order valence-electron chi connectivity index (χ0n) is 11.9. The van der Waals surface area contributed by atoms with Gasteiger partial charge in [-0.1, -0.05) is 0 Å². The molecule has 1 heterocycles. The van der Waals surface area contributed by atoms with Gasteiger partial charge in [0, 0.05) is 43.1 Å². The summed E-state index contributed by atoms with van der Waals surface area (Å²) < 4.78 is 7.40. The monoisotopic (exact) mass is 291 g/mol. The first-order valence-electron chi connectivity index (χ1n) is 6.55. The van der Waals surface area contributed by atoms with Gasteiger partial charge < -0.3 is 9.84 Å². The first-order valence-corrected chi connectivity index (χ1v) is 6.55. The summed E-state index contributed by atoms with van der Waals surface area (Å²) in [5.74, 6) is 0.456. The molecule has 2 aromatic rings. The van der Waals surface area contributed by atoms with Crippen LogP contribution in [-0.2, 0) is 13.5 Å². The minimum atomic E-state index is -0.836. The van der Waals surface area contributed by atoms with E-state index < -0.39 is 11.0 Å². The number of aliphatic hydroxyl groups excluding tert-OH is 1. The fourth-order valence-corrected chi connectivity index (χ4v) is 2.02. The van der Waals surface area contributed by atoms with Crippen molar-refractivity contribution in [1.82, 2.24) is 9.78 Å². The largest absolute Gasteiger partial charge is 0.493 e. The molecule has 0 aliphatic heterocycles. The average Bonchev–Trinajstić information content (AvgIpc) is 2.84. The van der Waals surface area contributed by atoms with Crippen LogP contribution >= 0.6 is 0 Å². The van der Waals surface area contributed by atoms with Crippen LogP contribution in [-0.4, -0.2) is 26.4 Å². The number of aromatic nitrogens is 2. The van der Waals surface area contributed by atoms with Crippen molar-refractivity contribution >= 4 is 5.69 Å². The predicted octanol–water partition coefficient (Wildman–Crippen LogP) is 2.00. The normalized spacial score (nSPS) is 12.1. The zero-order chi connectivity index (χ0) is 15.4. The molecule has 0 fully saturated rings. The molecule has 0 saturated heterocycles. The number of nitro benzene ring substituents is 1. The van der Waals surface area contributed by atoms with Gasteiger partial charge in [-0.25, -0.2) is 0 Å². The molecule has 1 aromatic carbocycles. The van der Waals surface area contributed by atoms with E-state index in [-0.39, 0.29) is 5.69 Å². The van der Waals surface area contributed by atoms with E-state index in [9.17, 15) is 15.2 Å². The molecule has 0 unspecified atom stereocenters. The van der Waals surface area contributed by atoms with Crippen LogP contribution in [0.15, 0.2) is 30.5 Å². The zero-order valence-corrected chi connectivity index (χ0v) is 11.9. The van der Waals surface area contributed by atoms with Crippen LogP contribution in [0.25, 0.3) is 0 Å². The molecule has 0 saturated carbocycles. The van der Waals surface area contributed by atoms with E-state index in [0.29, 0.717) is 24.3 Å². The van der Waals surface area contributed by atoms with Gasteiger partial charge in [-0.2, -0.15) is 5.10 Å². The second-order valence-corrected chi connectivity index (χ2v) is 4.70. The van der Waals surface area contributed by atoms with Crippen LogP contribution in [0.5, 0.6) is 5.75 Å². The van der Waals surface area contributed by atoms with Crippen molar-refractivity contribution in [2.75, 3.05) is 6.61 Å². The van der Waals surface area contributed by atoms with E-state index in [0.717, 1.165) is 5.69 Å². The number of nitrogens with zero attached hydrogens (tertiary/aromatic N) is 3. The molecule has 7 nitrogen and oxygen atoms in total. The van der Waals surface area contributed by atoms with E-state index in [2.05, 4.69) is 5.10 Å². The van der Waals surface area contributed by atoms with Gasteiger partial charge in [-0.3, -0.25) is 14.8 Å². The molecule has 1 atom stereocenters. The van der Waals surface area contributed by atoms with Crippen molar-refractivity contribution in [3.8, 4) is 5.75 Å². The first-order chi connectivity index (χ1) is 9.99. The van der Waals surface area contributed by atoms with Gasteiger partial charge in [0.25, 0.3) is 5.69 Å². The Balaban J connectivity index is 2.08. The summed E-state index contributed by atoms with van der Waals surface area (Å²) in [6.45, 7) is 1.95. The predicted molar refractivity (Wildman–Crippen MR) is 76.1 cm³/mol. The molecule has 7 heteroatoms. The van der Waals surface area contributed by atoms with Crippen LogP contribution in [0.3, 0.4) is 0 Å². The van der Waals surface area contributed by atoms with Crippen molar-refractivity contribution in [1.29, 1.82) is 0 Å². The molecular formula is C14H17N3O4. The maximum absolute atomic E-state index is 10.8. The highest BCUT2D eigenvalue weighted by atomic mass is 16.6. The fourth-order valence-electron chi connectivity index (χ4n) is 2.02. The van der Waals surface area contributed by atoms with E-state index in [1.54, 1.807) is 17.8 Å². The lowest BCUT2D eigenvalue weighted by molar-refractivity contribution is -0.385. The standard InChI is InChI=1S/C14H17N3O4/c1-10(18)13-9-12(17(19)20)3-4-14(13)21-8-6-11-5-7-15-16(11)2/h3-5,7,9-10,18H,6,8H2,1-2H3/t10-/m0/s1. The molecule has 112 valence electrons. The quantitative estimate of drug-likeness (QED) is 0.649. The van der Waals surface area contributed by atoms with Gasteiger partial charge in [-0.05, 0) is 19.1 Å². The van der Waals surface area contributed by atoms with Crippen molar-refractivity contribution < 1.29 is 14.8 Å². The molecule has 0 radical (unpaired) electrons. The smallest absolute Gasteiger partial charge is 0.270 e. The molecular weight excluding hydrogens is 274 g/mol. The number of aliphatic hydroxyl groups is 1. The highest BCUT2D eigenvalue weighted by Crippen LogP contribution is 2.29. The van der Waals surface area contributed by atoms with Crippen molar-refractivity contribution in [3.05, 3.63) is 51.8 Å². The summed E-state index contributed by atoms with van der Waals surface area (Å²) in [5, 5.41) is 24.6. The molecule has 0 amide bonds. The summed E-state index contributed by atoms with van der Waals surface area (Å²) >= 11 is 0. The summed E-state index contributed by atoms with van der Waals surface area (Å²) in [6, 6.07) is 6.12. The lowest BCUT2D eigenvalue weighted by Crippen LogP contribution is -2.08. The van der Waals surface area contributed by atoms with Gasteiger partial charge in [0.05, 0.1) is 17.6 Å². The number of rotatable bonds is 6. The van der Waals surface area contributed by atoms with Crippen molar-refractivity contribution in [3.63, 3.8) is 0 Å². The van der Waals surface area contributed by atoms with Gasteiger partial charge in [0.15, 0.2) is 0 Å². The van der Waals surface area contributed by atoms with Crippen LogP contribution < -0.4 is 4.74 Å². The van der Waals surface area contributed by atoms with Gasteiger partial charge >= 0.3 is 0 Å². The Morgan fingerprint density at radius 3 is 2.81 bits per heavy atom. The highest BCUT2D eigenvalue weighted by molar-refractivity contribution is 5.44. The van der Waals surface area contributed by atoms with E-state index in [4.69, 9.17) is 4.74 Å². The molecule has 1 N–H and O–H groups in total. The lowest BCUT2D eigenvalue weighted by Gasteiger charge is -2.13. The van der Waals surface area contributed by atoms with Crippen LogP contribution in [0.1, 0.15) is 24.3 Å². The Morgan fingerprint density at radius 2 is 2.24 bits per heavy atom. The minimum Gasteiger partial charge on any atom is -0.493 e. The first kappa shape index (κ1) is 15.0. The fraction of sp³-hybridized carbons (Fsp3) is 0.357.